The first-order chi connectivity index (χ1) is 64.1. The van der Waals surface area contributed by atoms with Crippen LogP contribution in [-0.4, -0.2) is 24.9 Å². The van der Waals surface area contributed by atoms with E-state index in [1.54, 1.807) is 18.5 Å². The van der Waals surface area contributed by atoms with E-state index in [9.17, 15) is 1.37 Å². The van der Waals surface area contributed by atoms with Crippen LogP contribution in [0.5, 0.6) is 0 Å². The lowest BCUT2D eigenvalue weighted by Gasteiger charge is -2.34. The van der Waals surface area contributed by atoms with Crippen LogP contribution in [0.1, 0.15) is 168 Å². The lowest BCUT2D eigenvalue weighted by Crippen LogP contribution is -2.31. The second-order valence-electron chi connectivity index (χ2n) is 36.7. The van der Waals surface area contributed by atoms with Crippen molar-refractivity contribution in [3.05, 3.63) is 297 Å². The Labute approximate surface area is 756 Å². The van der Waals surface area contributed by atoms with E-state index in [0.29, 0.717) is 50.7 Å². The maximum atomic E-state index is 9.25. The largest absolute Gasteiger partial charge is 0.437 e. The molecule has 0 radical (unpaired) electrons. The summed E-state index contributed by atoms with van der Waals surface area (Å²) in [6.07, 6.45) is 12.0. The van der Waals surface area contributed by atoms with Crippen molar-refractivity contribution in [3.8, 4) is 56.3 Å². The molecular formula is C112H117N10O5+5. The highest BCUT2D eigenvalue weighted by Gasteiger charge is 2.32. The van der Waals surface area contributed by atoms with E-state index in [-0.39, 0.29) is 0 Å². The third-order valence-electron chi connectivity index (χ3n) is 24.9. The van der Waals surface area contributed by atoms with Crippen molar-refractivity contribution in [1.29, 1.82) is 0 Å². The SMILES string of the molecule is Cc1cc[n+](C)c(-c2c(C)ccc3c2oc2nc(C)ccc23)c1.[2H]C([2H])([2H])c1c[n+](C)c(-c2c(C)ccc3c2oc2nc(C)ccc23)cc1C.[2H]C([2H])([2H])c1ccc(-c2c(C)ccc3c2oc2nc(C)ccc23)[n+](C)c1.[2H]C([2H])(c1cc[n+](C)c(-c2c(C)ccc3c2oc2nc(C)ccc23)c1)C(C)(C)C.[2H]C1(c2cc[n+](C)c(-c3c(C)ccc4c3oc3nc(C)ccc34)c2)CCC(C)(C)CC1. The summed E-state index contributed by atoms with van der Waals surface area (Å²) in [7, 11) is 9.84. The molecule has 15 nitrogen and oxygen atoms in total. The fraction of sp³-hybridized carbons (Fsp3) is 0.286. The molecule has 640 valence electrons. The second-order valence-corrected chi connectivity index (χ2v) is 36.7. The van der Waals surface area contributed by atoms with Crippen LogP contribution in [0.4, 0.5) is 0 Å². The third-order valence-corrected chi connectivity index (χ3v) is 24.9. The molecule has 0 bridgehead atoms. The number of furan rings is 5. The maximum absolute atomic E-state index is 9.25. The van der Waals surface area contributed by atoms with E-state index < -0.39 is 31.4 Å². The molecule has 0 aliphatic heterocycles. The molecule has 15 aromatic heterocycles. The number of nitrogens with zero attached hydrogens (tertiary/aromatic N) is 10. The molecule has 0 amide bonds. The van der Waals surface area contributed by atoms with Crippen molar-refractivity contribution in [3.63, 3.8) is 0 Å². The van der Waals surface area contributed by atoms with Crippen LogP contribution in [0.25, 0.3) is 167 Å². The molecule has 0 unspecified atom stereocenters. The van der Waals surface area contributed by atoms with Gasteiger partial charge in [-0.05, 0) is 262 Å². The summed E-state index contributed by atoms with van der Waals surface area (Å²) in [6.45, 7) is 30.3. The summed E-state index contributed by atoms with van der Waals surface area (Å²) in [5.41, 5.74) is 32.0. The van der Waals surface area contributed by atoms with Crippen LogP contribution in [0.3, 0.4) is 0 Å². The van der Waals surface area contributed by atoms with Gasteiger partial charge in [0.25, 0.3) is 0 Å². The molecule has 0 saturated heterocycles. The molecule has 1 aliphatic carbocycles. The highest BCUT2D eigenvalue weighted by Crippen LogP contribution is 2.46. The normalized spacial score (nSPS) is 14.6. The summed E-state index contributed by atoms with van der Waals surface area (Å²) in [4.78, 5) is 22.7. The van der Waals surface area contributed by atoms with E-state index in [0.717, 1.165) is 220 Å². The van der Waals surface area contributed by atoms with Crippen LogP contribution >= 0.6 is 0 Å². The molecule has 0 N–H and O–H groups in total. The van der Waals surface area contributed by atoms with Gasteiger partial charge >= 0.3 is 0 Å². The van der Waals surface area contributed by atoms with Crippen LogP contribution in [0.15, 0.2) is 229 Å². The molecule has 1 saturated carbocycles. The van der Waals surface area contributed by atoms with Gasteiger partial charge in [0.15, 0.2) is 58.9 Å². The van der Waals surface area contributed by atoms with Gasteiger partial charge in [-0.15, -0.1) is 0 Å². The average Bonchev–Trinajstić information content (AvgIpc) is 0.909. The third kappa shape index (κ3) is 16.9. The van der Waals surface area contributed by atoms with Gasteiger partial charge in [0.2, 0.25) is 57.0 Å². The van der Waals surface area contributed by atoms with Gasteiger partial charge in [-0.2, -0.15) is 0 Å². The van der Waals surface area contributed by atoms with Crippen molar-refractivity contribution in [2.24, 2.45) is 46.1 Å². The summed E-state index contributed by atoms with van der Waals surface area (Å²) < 4.78 is 114. The van der Waals surface area contributed by atoms with Crippen LogP contribution < -0.4 is 22.8 Å². The van der Waals surface area contributed by atoms with E-state index in [4.69, 9.17) is 33.1 Å². The zero-order chi connectivity index (χ0) is 97.4. The topological polar surface area (TPSA) is 150 Å². The van der Waals surface area contributed by atoms with Gasteiger partial charge in [-0.1, -0.05) is 95.3 Å². The lowest BCUT2D eigenvalue weighted by molar-refractivity contribution is -0.660. The van der Waals surface area contributed by atoms with Gasteiger partial charge in [0.1, 0.15) is 35.2 Å². The molecule has 127 heavy (non-hydrogen) atoms. The highest BCUT2D eigenvalue weighted by molar-refractivity contribution is 6.13. The van der Waals surface area contributed by atoms with Gasteiger partial charge in [0.05, 0.1) is 27.8 Å². The number of rotatable bonds is 7. The summed E-state index contributed by atoms with van der Waals surface area (Å²) in [6, 6.07) is 59.2. The minimum Gasteiger partial charge on any atom is -0.437 e. The zero-order valence-electron chi connectivity index (χ0n) is 86.0. The number of hydrogen-bond acceptors (Lipinski definition) is 10. The van der Waals surface area contributed by atoms with Crippen LogP contribution in [0.2, 0.25) is 0 Å². The Hall–Kier alpha value is -13.4. The number of fused-ring (bicyclic) bond motifs is 15. The predicted octanol–water partition coefficient (Wildman–Crippen LogP) is 26.0. The van der Waals surface area contributed by atoms with Gasteiger partial charge < -0.3 is 22.1 Å². The molecule has 5 aromatic carbocycles. The molecule has 0 atom stereocenters. The van der Waals surface area contributed by atoms with Crippen LogP contribution in [0, 0.1) is 108 Å². The predicted molar refractivity (Wildman–Crippen MR) is 515 cm³/mol. The van der Waals surface area contributed by atoms with Crippen molar-refractivity contribution >= 4 is 110 Å². The quantitative estimate of drug-likeness (QED) is 0.141. The number of benzene rings is 5. The number of pyridine rings is 10. The number of aromatic nitrogens is 10. The Bertz CT molecular complexity index is 8200. The van der Waals surface area contributed by atoms with Gasteiger partial charge in [-0.3, -0.25) is 0 Å². The maximum Gasteiger partial charge on any atom is 0.227 e. The first-order valence-corrected chi connectivity index (χ1v) is 43.6. The van der Waals surface area contributed by atoms with Crippen LogP contribution in [-0.2, 0) is 41.6 Å². The Morgan fingerprint density at radius 2 is 0.669 bits per heavy atom. The van der Waals surface area contributed by atoms with Crippen molar-refractivity contribution < 1.29 is 57.3 Å². The Morgan fingerprint density at radius 3 is 1.03 bits per heavy atom. The fourth-order valence-corrected chi connectivity index (χ4v) is 17.8. The standard InChI is InChI=1S/C27H31N2O.C24H27N2O.C21H21N2O.2C20H19N2O/c1-17-6-8-21-22-9-7-18(2)28-26(22)30-25(21)24(17)23-16-20(12-15-29(23)5)19-10-13-27(3,4)14-11-19;1-15-7-9-18-19-10-8-16(2)25-23(19)27-22(18)21(15)20-13-17(11-12-26(20)6)14-24(3,4)5;1-12-6-8-16-17-9-7-15(4)22-21(17)24-20(16)19(12)18-10-13(2)14(3)11-23(18)5;1-12-5-10-17(22(4)11-12)18-13(2)6-8-15-16-9-7-14(3)21-20(16)23-19(15)18;1-12-9-10-22(4)17(11-12)18-13(2)5-7-15-16-8-6-14(3)21-20(16)23-19(15)18/h6-9,12,15-16,19H,10-11,13-14H2,1-5H3;7-13H,14H2,1-6H3;6-11H,1-5H3;2*5-11H,1-4H3/q5*+1/i19D;14D2;3D3;1D3;. The zero-order valence-corrected chi connectivity index (χ0v) is 77.0. The monoisotopic (exact) mass is 1690 g/mol. The number of aryl methyl sites for hydroxylation is 19. The average molecular weight is 1690 g/mol. The first-order valence-electron chi connectivity index (χ1n) is 48.1. The molecule has 1 aliphatic rings. The van der Waals surface area contributed by atoms with Crippen molar-refractivity contribution in [2.75, 3.05) is 0 Å². The summed E-state index contributed by atoms with van der Waals surface area (Å²) in [5, 5.41) is 10.3. The van der Waals surface area contributed by atoms with Crippen molar-refractivity contribution in [2.45, 2.75) is 169 Å². The van der Waals surface area contributed by atoms with E-state index in [1.807, 2.05) is 190 Å². The van der Waals surface area contributed by atoms with Gasteiger partial charge in [0, 0.05) is 154 Å². The molecule has 0 spiro atoms. The lowest BCUT2D eigenvalue weighted by atomic mass is 9.71. The summed E-state index contributed by atoms with van der Waals surface area (Å²) >= 11 is 0. The Kier molecular flexibility index (Phi) is 20.0. The molecule has 20 aromatic rings. The number of hydrogen-bond donors (Lipinski definition) is 0. The van der Waals surface area contributed by atoms with Gasteiger partial charge in [-0.25, -0.2) is 47.8 Å². The smallest absolute Gasteiger partial charge is 0.227 e. The molecule has 21 rings (SSSR count). The summed E-state index contributed by atoms with van der Waals surface area (Å²) in [5.74, 6) is -0.521. The minimum atomic E-state index is -2.14. The fourth-order valence-electron chi connectivity index (χ4n) is 17.8. The second kappa shape index (κ2) is 33.8. The van der Waals surface area contributed by atoms with E-state index in [2.05, 4.69) is 199 Å². The van der Waals surface area contributed by atoms with E-state index in [1.165, 1.54) is 16.7 Å². The Morgan fingerprint density at radius 1 is 0.339 bits per heavy atom. The molecule has 15 heteroatoms. The molecule has 15 heterocycles. The van der Waals surface area contributed by atoms with E-state index >= 15 is 0 Å². The molecular weight excluding hydrogens is 1570 g/mol. The van der Waals surface area contributed by atoms with Crippen molar-refractivity contribution in [1.82, 2.24) is 24.9 Å². The Balaban J connectivity index is 0.000000118. The minimum absolute atomic E-state index is 0.315. The highest BCUT2D eigenvalue weighted by atomic mass is 16.4. The first kappa shape index (κ1) is 75.0. The molecule has 1 fully saturated rings.